The van der Waals surface area contributed by atoms with E-state index in [0.717, 1.165) is 22.4 Å². The quantitative estimate of drug-likeness (QED) is 0.800. The molecule has 0 unspecified atom stereocenters. The van der Waals surface area contributed by atoms with Gasteiger partial charge >= 0.3 is 0 Å². The maximum Gasteiger partial charge on any atom is 0.194 e. The summed E-state index contributed by atoms with van der Waals surface area (Å²) in [7, 11) is 0. The molecule has 0 saturated carbocycles. The standard InChI is InChI=1S/C14H13F2N3S/c1-9-13(19-4-5-20-14(19)18-9)8-17-7-10-2-3-11(15)6-12(10)16/h2-6,17H,7-8H2,1H3. The summed E-state index contributed by atoms with van der Waals surface area (Å²) in [6, 6.07) is 3.63. The van der Waals surface area contributed by atoms with Crippen LogP contribution in [-0.4, -0.2) is 9.38 Å². The van der Waals surface area contributed by atoms with Crippen LogP contribution in [0.4, 0.5) is 8.78 Å². The van der Waals surface area contributed by atoms with E-state index in [0.29, 0.717) is 18.7 Å². The number of benzene rings is 1. The van der Waals surface area contributed by atoms with Crippen molar-refractivity contribution in [2.24, 2.45) is 0 Å². The van der Waals surface area contributed by atoms with Crippen molar-refractivity contribution in [3.63, 3.8) is 0 Å². The highest BCUT2D eigenvalue weighted by Gasteiger charge is 2.09. The van der Waals surface area contributed by atoms with Crippen molar-refractivity contribution < 1.29 is 8.78 Å². The zero-order valence-corrected chi connectivity index (χ0v) is 11.7. The number of thiazole rings is 1. The molecule has 0 aliphatic rings. The van der Waals surface area contributed by atoms with Gasteiger partial charge in [0.15, 0.2) is 4.96 Å². The van der Waals surface area contributed by atoms with E-state index >= 15 is 0 Å². The van der Waals surface area contributed by atoms with Gasteiger partial charge in [0.05, 0.1) is 11.4 Å². The first-order valence-corrected chi connectivity index (χ1v) is 7.09. The number of imidazole rings is 1. The zero-order chi connectivity index (χ0) is 14.1. The molecule has 104 valence electrons. The monoisotopic (exact) mass is 293 g/mol. The Bertz CT molecular complexity index is 748. The number of aromatic nitrogens is 2. The van der Waals surface area contributed by atoms with E-state index in [4.69, 9.17) is 0 Å². The Labute approximate surface area is 118 Å². The van der Waals surface area contributed by atoms with E-state index in [1.54, 1.807) is 11.3 Å². The summed E-state index contributed by atoms with van der Waals surface area (Å²) < 4.78 is 28.3. The fourth-order valence-electron chi connectivity index (χ4n) is 2.13. The van der Waals surface area contributed by atoms with Gasteiger partial charge in [0.1, 0.15) is 11.6 Å². The highest BCUT2D eigenvalue weighted by molar-refractivity contribution is 7.15. The molecule has 0 bridgehead atoms. The molecule has 3 rings (SSSR count). The summed E-state index contributed by atoms with van der Waals surface area (Å²) in [4.78, 5) is 5.40. The van der Waals surface area contributed by atoms with Gasteiger partial charge in [-0.25, -0.2) is 13.8 Å². The van der Waals surface area contributed by atoms with Crippen molar-refractivity contribution in [3.8, 4) is 0 Å². The topological polar surface area (TPSA) is 29.3 Å². The van der Waals surface area contributed by atoms with Gasteiger partial charge in [0.2, 0.25) is 0 Å². The number of hydrogen-bond donors (Lipinski definition) is 1. The number of nitrogens with one attached hydrogen (secondary N) is 1. The molecule has 0 saturated heterocycles. The summed E-state index contributed by atoms with van der Waals surface area (Å²) in [5.74, 6) is -1.08. The molecule has 2 heterocycles. The van der Waals surface area contributed by atoms with Gasteiger partial charge in [0.25, 0.3) is 0 Å². The van der Waals surface area contributed by atoms with Crippen molar-refractivity contribution in [3.05, 3.63) is 58.4 Å². The minimum Gasteiger partial charge on any atom is -0.307 e. The van der Waals surface area contributed by atoms with Crippen LogP contribution in [0.2, 0.25) is 0 Å². The third-order valence-corrected chi connectivity index (χ3v) is 3.94. The predicted molar refractivity (Wildman–Crippen MR) is 74.7 cm³/mol. The van der Waals surface area contributed by atoms with Crippen molar-refractivity contribution in [2.75, 3.05) is 0 Å². The van der Waals surface area contributed by atoms with Crippen molar-refractivity contribution in [1.29, 1.82) is 0 Å². The summed E-state index contributed by atoms with van der Waals surface area (Å²) >= 11 is 1.58. The normalized spacial score (nSPS) is 11.3. The fourth-order valence-corrected chi connectivity index (χ4v) is 2.91. The number of aryl methyl sites for hydroxylation is 1. The molecule has 1 aromatic carbocycles. The molecule has 0 radical (unpaired) electrons. The molecule has 20 heavy (non-hydrogen) atoms. The number of rotatable bonds is 4. The molecule has 0 aliphatic heterocycles. The van der Waals surface area contributed by atoms with Crippen LogP contribution >= 0.6 is 11.3 Å². The molecule has 0 aliphatic carbocycles. The molecule has 0 fully saturated rings. The van der Waals surface area contributed by atoms with Gasteiger partial charge in [-0.05, 0) is 13.0 Å². The summed E-state index contributed by atoms with van der Waals surface area (Å²) in [6.07, 6.45) is 1.97. The van der Waals surface area contributed by atoms with Crippen LogP contribution in [0, 0.1) is 18.6 Å². The van der Waals surface area contributed by atoms with Crippen LogP contribution in [-0.2, 0) is 13.1 Å². The molecule has 6 heteroatoms. The Kier molecular flexibility index (Phi) is 3.50. The van der Waals surface area contributed by atoms with E-state index in [-0.39, 0.29) is 0 Å². The van der Waals surface area contributed by atoms with Crippen LogP contribution in [0.5, 0.6) is 0 Å². The highest BCUT2D eigenvalue weighted by Crippen LogP contribution is 2.17. The summed E-state index contributed by atoms with van der Waals surface area (Å²) in [5, 5.41) is 5.15. The third kappa shape index (κ3) is 2.44. The molecular formula is C14H13F2N3S. The lowest BCUT2D eigenvalue weighted by atomic mass is 10.2. The first-order chi connectivity index (χ1) is 9.65. The van der Waals surface area contributed by atoms with Crippen LogP contribution in [0.1, 0.15) is 17.0 Å². The van der Waals surface area contributed by atoms with E-state index in [2.05, 4.69) is 10.3 Å². The second kappa shape index (κ2) is 5.30. The number of fused-ring (bicyclic) bond motifs is 1. The van der Waals surface area contributed by atoms with Gasteiger partial charge in [-0.1, -0.05) is 6.07 Å². The minimum atomic E-state index is -0.558. The second-order valence-electron chi connectivity index (χ2n) is 4.54. The lowest BCUT2D eigenvalue weighted by Crippen LogP contribution is -2.15. The molecule has 3 nitrogen and oxygen atoms in total. The van der Waals surface area contributed by atoms with Gasteiger partial charge in [0, 0.05) is 36.3 Å². The number of hydrogen-bond acceptors (Lipinski definition) is 3. The predicted octanol–water partition coefficient (Wildman–Crippen LogP) is 3.27. The Morgan fingerprint density at radius 3 is 2.95 bits per heavy atom. The molecule has 1 N–H and O–H groups in total. The Hall–Kier alpha value is -1.79. The van der Waals surface area contributed by atoms with Gasteiger partial charge in [-0.2, -0.15) is 0 Å². The van der Waals surface area contributed by atoms with E-state index in [1.165, 1.54) is 12.1 Å². The molecule has 0 atom stereocenters. The Morgan fingerprint density at radius 1 is 1.30 bits per heavy atom. The Balaban J connectivity index is 1.70. The second-order valence-corrected chi connectivity index (χ2v) is 5.41. The van der Waals surface area contributed by atoms with Crippen molar-refractivity contribution in [1.82, 2.24) is 14.7 Å². The fraction of sp³-hybridized carbons (Fsp3) is 0.214. The van der Waals surface area contributed by atoms with Gasteiger partial charge in [-0.3, -0.25) is 4.40 Å². The largest absolute Gasteiger partial charge is 0.307 e. The lowest BCUT2D eigenvalue weighted by Gasteiger charge is -2.06. The molecular weight excluding hydrogens is 280 g/mol. The van der Waals surface area contributed by atoms with Gasteiger partial charge < -0.3 is 5.32 Å². The summed E-state index contributed by atoms with van der Waals surface area (Å²) in [5.41, 5.74) is 2.47. The molecule has 3 aromatic rings. The SMILES string of the molecule is Cc1nc2sccn2c1CNCc1ccc(F)cc1F. The summed E-state index contributed by atoms with van der Waals surface area (Å²) in [6.45, 7) is 2.89. The number of halogens is 2. The average molecular weight is 293 g/mol. The van der Waals surface area contributed by atoms with Crippen LogP contribution < -0.4 is 5.32 Å². The van der Waals surface area contributed by atoms with Crippen molar-refractivity contribution >= 4 is 16.3 Å². The minimum absolute atomic E-state index is 0.350. The maximum absolute atomic E-state index is 13.5. The average Bonchev–Trinajstić information content (AvgIpc) is 2.94. The Morgan fingerprint density at radius 2 is 2.15 bits per heavy atom. The van der Waals surface area contributed by atoms with Crippen molar-refractivity contribution in [2.45, 2.75) is 20.0 Å². The molecule has 0 spiro atoms. The van der Waals surface area contributed by atoms with Gasteiger partial charge in [-0.15, -0.1) is 11.3 Å². The third-order valence-electron chi connectivity index (χ3n) is 3.18. The smallest absolute Gasteiger partial charge is 0.194 e. The zero-order valence-electron chi connectivity index (χ0n) is 10.9. The lowest BCUT2D eigenvalue weighted by molar-refractivity contribution is 0.558. The van der Waals surface area contributed by atoms with E-state index in [1.807, 2.05) is 22.9 Å². The first-order valence-electron chi connectivity index (χ1n) is 6.21. The van der Waals surface area contributed by atoms with Crippen LogP contribution in [0.25, 0.3) is 4.96 Å². The van der Waals surface area contributed by atoms with Crippen LogP contribution in [0.3, 0.4) is 0 Å². The van der Waals surface area contributed by atoms with E-state index < -0.39 is 11.6 Å². The first kappa shape index (κ1) is 13.2. The highest BCUT2D eigenvalue weighted by atomic mass is 32.1. The molecule has 0 amide bonds. The van der Waals surface area contributed by atoms with Crippen LogP contribution in [0.15, 0.2) is 29.8 Å². The van der Waals surface area contributed by atoms with E-state index in [9.17, 15) is 8.78 Å². The molecule has 2 aromatic heterocycles. The number of nitrogens with zero attached hydrogens (tertiary/aromatic N) is 2. The maximum atomic E-state index is 13.5.